The number of Topliss-reactive ketones (excluding diaryl/α,β-unsaturated/α-hetero) is 1. The number of carboxylic acids is 1. The van der Waals surface area contributed by atoms with Crippen molar-refractivity contribution in [1.82, 2.24) is 0 Å². The van der Waals surface area contributed by atoms with Crippen molar-refractivity contribution in [1.29, 1.82) is 0 Å². The quantitative estimate of drug-likeness (QED) is 0.758. The number of carbonyl (C=O) groups excluding carboxylic acids is 1. The Balaban J connectivity index is 2.30. The van der Waals surface area contributed by atoms with Crippen LogP contribution in [0, 0.1) is 0 Å². The molecule has 0 fully saturated rings. The fourth-order valence-corrected chi connectivity index (χ4v) is 2.62. The number of carbonyl (C=O) groups is 2. The zero-order valence-electron chi connectivity index (χ0n) is 11.2. The number of carboxylic acid groups (broad SMARTS) is 1. The van der Waals surface area contributed by atoms with Crippen molar-refractivity contribution < 1.29 is 14.7 Å². The lowest BCUT2D eigenvalue weighted by atomic mass is 9.91. The van der Waals surface area contributed by atoms with E-state index in [0.29, 0.717) is 16.1 Å². The van der Waals surface area contributed by atoms with Crippen molar-refractivity contribution in [3.8, 4) is 0 Å². The molecule has 0 unspecified atom stereocenters. The molecular formula is C16H11Cl3O3. The van der Waals surface area contributed by atoms with Crippen molar-refractivity contribution in [3.05, 3.63) is 68.7 Å². The van der Waals surface area contributed by atoms with Gasteiger partial charge in [-0.3, -0.25) is 9.59 Å². The SMILES string of the molecule is O=C(C[C@@H](C(=O)O)c1cccc(Cl)c1Cl)c1ccc(Cl)cc1. The van der Waals surface area contributed by atoms with Crippen molar-refractivity contribution in [2.45, 2.75) is 12.3 Å². The molecule has 0 heterocycles. The van der Waals surface area contributed by atoms with Crippen LogP contribution in [0.25, 0.3) is 0 Å². The van der Waals surface area contributed by atoms with Crippen LogP contribution in [0.3, 0.4) is 0 Å². The van der Waals surface area contributed by atoms with Crippen LogP contribution in [0.15, 0.2) is 42.5 Å². The highest BCUT2D eigenvalue weighted by Crippen LogP contribution is 2.33. The van der Waals surface area contributed by atoms with Crippen LogP contribution in [-0.2, 0) is 4.79 Å². The fraction of sp³-hybridized carbons (Fsp3) is 0.125. The van der Waals surface area contributed by atoms with Crippen molar-refractivity contribution in [3.63, 3.8) is 0 Å². The Morgan fingerprint density at radius 2 is 1.64 bits per heavy atom. The first-order valence-corrected chi connectivity index (χ1v) is 7.49. The van der Waals surface area contributed by atoms with Gasteiger partial charge in [0, 0.05) is 17.0 Å². The van der Waals surface area contributed by atoms with E-state index in [0.717, 1.165) is 0 Å². The standard InChI is InChI=1S/C16H11Cl3O3/c17-10-6-4-9(5-7-10)14(20)8-12(16(21)22)11-2-1-3-13(18)15(11)19/h1-7,12H,8H2,(H,21,22)/t12-/m1/s1. The summed E-state index contributed by atoms with van der Waals surface area (Å²) in [5, 5.41) is 10.3. The lowest BCUT2D eigenvalue weighted by Gasteiger charge is -2.14. The normalized spacial score (nSPS) is 12.0. The summed E-state index contributed by atoms with van der Waals surface area (Å²) in [6, 6.07) is 11.0. The molecule has 3 nitrogen and oxygen atoms in total. The third-order valence-electron chi connectivity index (χ3n) is 3.21. The van der Waals surface area contributed by atoms with E-state index in [2.05, 4.69) is 0 Å². The molecule has 0 radical (unpaired) electrons. The maximum Gasteiger partial charge on any atom is 0.311 e. The molecule has 0 bridgehead atoms. The average molecular weight is 358 g/mol. The fourth-order valence-electron chi connectivity index (χ4n) is 2.06. The maximum atomic E-state index is 12.3. The minimum atomic E-state index is -1.13. The Hall–Kier alpha value is -1.55. The zero-order valence-corrected chi connectivity index (χ0v) is 13.5. The summed E-state index contributed by atoms with van der Waals surface area (Å²) in [6.07, 6.45) is -0.211. The van der Waals surface area contributed by atoms with Gasteiger partial charge in [-0.2, -0.15) is 0 Å². The summed E-state index contributed by atoms with van der Waals surface area (Å²) >= 11 is 17.7. The monoisotopic (exact) mass is 356 g/mol. The smallest absolute Gasteiger partial charge is 0.311 e. The van der Waals surface area contributed by atoms with Gasteiger partial charge in [-0.25, -0.2) is 0 Å². The zero-order chi connectivity index (χ0) is 16.3. The molecule has 0 saturated carbocycles. The van der Waals surface area contributed by atoms with Crippen molar-refractivity contribution in [2.24, 2.45) is 0 Å². The second-order valence-corrected chi connectivity index (χ2v) is 5.89. The van der Waals surface area contributed by atoms with E-state index < -0.39 is 11.9 Å². The Morgan fingerprint density at radius 3 is 2.23 bits per heavy atom. The lowest BCUT2D eigenvalue weighted by molar-refractivity contribution is -0.138. The van der Waals surface area contributed by atoms with Crippen molar-refractivity contribution in [2.75, 3.05) is 0 Å². The molecule has 1 N–H and O–H groups in total. The predicted molar refractivity (Wildman–Crippen MR) is 87.2 cm³/mol. The van der Waals surface area contributed by atoms with Crippen LogP contribution < -0.4 is 0 Å². The third kappa shape index (κ3) is 3.80. The number of hydrogen-bond donors (Lipinski definition) is 1. The Morgan fingerprint density at radius 1 is 1.00 bits per heavy atom. The van der Waals surface area contributed by atoms with Crippen LogP contribution in [0.4, 0.5) is 0 Å². The number of ketones is 1. The molecule has 2 aromatic rings. The molecule has 22 heavy (non-hydrogen) atoms. The van der Waals surface area contributed by atoms with E-state index in [1.54, 1.807) is 42.5 Å². The van der Waals surface area contributed by atoms with Crippen molar-refractivity contribution >= 4 is 46.6 Å². The molecule has 0 saturated heterocycles. The minimum Gasteiger partial charge on any atom is -0.481 e. The molecule has 2 rings (SSSR count). The number of aliphatic carboxylic acids is 1. The molecule has 114 valence electrons. The first kappa shape index (κ1) is 16.8. The Labute approximate surface area is 142 Å². The summed E-state index contributed by atoms with van der Waals surface area (Å²) in [6.45, 7) is 0. The molecule has 1 atom stereocenters. The minimum absolute atomic E-state index is 0.153. The molecular weight excluding hydrogens is 347 g/mol. The van der Waals surface area contributed by atoms with Gasteiger partial charge >= 0.3 is 5.97 Å². The summed E-state index contributed by atoms with van der Waals surface area (Å²) in [7, 11) is 0. The topological polar surface area (TPSA) is 54.4 Å². The van der Waals surface area contributed by atoms with Gasteiger partial charge in [0.2, 0.25) is 0 Å². The summed E-state index contributed by atoms with van der Waals surface area (Å²) in [4.78, 5) is 23.8. The van der Waals surface area contributed by atoms with Gasteiger partial charge in [0.15, 0.2) is 5.78 Å². The highest BCUT2D eigenvalue weighted by molar-refractivity contribution is 6.42. The van der Waals surface area contributed by atoms with Crippen LogP contribution >= 0.6 is 34.8 Å². The number of hydrogen-bond acceptors (Lipinski definition) is 2. The number of benzene rings is 2. The molecule has 0 amide bonds. The summed E-state index contributed by atoms with van der Waals surface area (Å²) in [5.41, 5.74) is 0.720. The molecule has 0 aliphatic rings. The van der Waals surface area contributed by atoms with Gasteiger partial charge in [-0.15, -0.1) is 0 Å². The van der Waals surface area contributed by atoms with E-state index in [9.17, 15) is 14.7 Å². The first-order chi connectivity index (χ1) is 10.4. The van der Waals surface area contributed by atoms with Crippen LogP contribution in [0.1, 0.15) is 28.3 Å². The largest absolute Gasteiger partial charge is 0.481 e. The van der Waals surface area contributed by atoms with Gasteiger partial charge in [0.05, 0.1) is 16.0 Å². The summed E-state index contributed by atoms with van der Waals surface area (Å²) in [5.74, 6) is -2.50. The molecule has 6 heteroatoms. The molecule has 0 aliphatic carbocycles. The number of halogens is 3. The summed E-state index contributed by atoms with van der Waals surface area (Å²) < 4.78 is 0. The molecule has 0 aliphatic heterocycles. The molecule has 2 aromatic carbocycles. The second-order valence-electron chi connectivity index (χ2n) is 4.67. The Bertz CT molecular complexity index is 711. The van der Waals surface area contributed by atoms with Gasteiger partial charge < -0.3 is 5.11 Å². The molecule has 0 spiro atoms. The highest BCUT2D eigenvalue weighted by atomic mass is 35.5. The second kappa shape index (κ2) is 7.14. The highest BCUT2D eigenvalue weighted by Gasteiger charge is 2.26. The Kier molecular flexibility index (Phi) is 5.46. The third-order valence-corrected chi connectivity index (χ3v) is 4.30. The van der Waals surface area contributed by atoms with Gasteiger partial charge in [0.1, 0.15) is 0 Å². The van der Waals surface area contributed by atoms with E-state index in [4.69, 9.17) is 34.8 Å². The maximum absolute atomic E-state index is 12.3. The average Bonchev–Trinajstić information content (AvgIpc) is 2.48. The van der Waals surface area contributed by atoms with Gasteiger partial charge in [0.25, 0.3) is 0 Å². The van der Waals surface area contributed by atoms with E-state index in [-0.39, 0.29) is 22.2 Å². The van der Waals surface area contributed by atoms with E-state index in [1.807, 2.05) is 0 Å². The lowest BCUT2D eigenvalue weighted by Crippen LogP contribution is -2.17. The van der Waals surface area contributed by atoms with Gasteiger partial charge in [-0.1, -0.05) is 46.9 Å². The van der Waals surface area contributed by atoms with Gasteiger partial charge in [-0.05, 0) is 35.9 Å². The predicted octanol–water partition coefficient (Wildman–Crippen LogP) is 5.09. The van der Waals surface area contributed by atoms with E-state index >= 15 is 0 Å². The van der Waals surface area contributed by atoms with Crippen LogP contribution in [0.2, 0.25) is 15.1 Å². The number of rotatable bonds is 5. The van der Waals surface area contributed by atoms with Crippen LogP contribution in [-0.4, -0.2) is 16.9 Å². The van der Waals surface area contributed by atoms with E-state index in [1.165, 1.54) is 0 Å². The molecule has 0 aromatic heterocycles. The van der Waals surface area contributed by atoms with Crippen LogP contribution in [0.5, 0.6) is 0 Å². The first-order valence-electron chi connectivity index (χ1n) is 6.35.